The maximum atomic E-state index is 11.4. The Morgan fingerprint density at radius 2 is 2.23 bits per heavy atom. The van der Waals surface area contributed by atoms with Crippen LogP contribution in [0.1, 0.15) is 26.7 Å². The van der Waals surface area contributed by atoms with Crippen molar-refractivity contribution < 1.29 is 9.59 Å². The first-order valence-corrected chi connectivity index (χ1v) is 4.71. The Bertz CT molecular complexity index is 216. The lowest BCUT2D eigenvalue weighted by atomic mass is 10.1. The van der Waals surface area contributed by atoms with E-state index in [2.05, 4.69) is 5.32 Å². The lowest BCUT2D eigenvalue weighted by Crippen LogP contribution is -2.45. The molecular weight excluding hydrogens is 168 g/mol. The molecule has 13 heavy (non-hydrogen) atoms. The van der Waals surface area contributed by atoms with Crippen LogP contribution in [0.5, 0.6) is 0 Å². The predicted octanol–water partition coefficient (Wildman–Crippen LogP) is 0.769. The third kappa shape index (κ3) is 2.20. The van der Waals surface area contributed by atoms with E-state index in [-0.39, 0.29) is 17.9 Å². The number of carbonyl (C=O) groups is 2. The monoisotopic (exact) mass is 184 g/mol. The van der Waals surface area contributed by atoms with Gasteiger partial charge in [-0.3, -0.25) is 4.79 Å². The summed E-state index contributed by atoms with van der Waals surface area (Å²) < 4.78 is 0. The zero-order chi connectivity index (χ0) is 9.84. The van der Waals surface area contributed by atoms with Crippen molar-refractivity contribution >= 4 is 11.8 Å². The molecule has 1 atom stereocenters. The number of Topliss-reactive ketones (excluding diaryl/α,β-unsaturated/α-hetero) is 1. The number of carbonyl (C=O) groups excluding carboxylic acids is 2. The van der Waals surface area contributed by atoms with E-state index in [9.17, 15) is 9.59 Å². The normalized spacial score (nSPS) is 21.7. The molecule has 1 fully saturated rings. The Kier molecular flexibility index (Phi) is 3.28. The molecule has 0 aromatic carbocycles. The highest BCUT2D eigenvalue weighted by molar-refractivity contribution is 5.87. The Morgan fingerprint density at radius 3 is 2.77 bits per heavy atom. The number of ketones is 1. The highest BCUT2D eigenvalue weighted by Crippen LogP contribution is 2.17. The molecule has 1 N–H and O–H groups in total. The van der Waals surface area contributed by atoms with E-state index in [4.69, 9.17) is 0 Å². The number of urea groups is 1. The fourth-order valence-electron chi connectivity index (χ4n) is 1.69. The summed E-state index contributed by atoms with van der Waals surface area (Å²) in [4.78, 5) is 24.2. The summed E-state index contributed by atoms with van der Waals surface area (Å²) in [5.41, 5.74) is 0. The molecule has 4 heteroatoms. The Labute approximate surface area is 78.3 Å². The molecule has 0 aliphatic carbocycles. The molecule has 74 valence electrons. The Balaban J connectivity index is 2.57. The van der Waals surface area contributed by atoms with Crippen LogP contribution in [0.15, 0.2) is 0 Å². The van der Waals surface area contributed by atoms with Crippen molar-refractivity contribution in [3.8, 4) is 0 Å². The number of nitrogens with one attached hydrogen (secondary N) is 1. The van der Waals surface area contributed by atoms with Gasteiger partial charge in [-0.2, -0.15) is 0 Å². The minimum absolute atomic E-state index is 0.0868. The average Bonchev–Trinajstić information content (AvgIpc) is 2.52. The summed E-state index contributed by atoms with van der Waals surface area (Å²) in [7, 11) is 0. The Hall–Kier alpha value is -1.06. The summed E-state index contributed by atoms with van der Waals surface area (Å²) in [5, 5.41) is 2.71. The molecule has 1 aliphatic rings. The zero-order valence-corrected chi connectivity index (χ0v) is 8.17. The third-order valence-electron chi connectivity index (χ3n) is 2.31. The molecule has 0 spiro atoms. The van der Waals surface area contributed by atoms with E-state index < -0.39 is 0 Å². The minimum atomic E-state index is -0.188. The summed E-state index contributed by atoms with van der Waals surface area (Å²) in [6.07, 6.45) is 1.74. The van der Waals surface area contributed by atoms with Crippen molar-refractivity contribution in [1.82, 2.24) is 10.2 Å². The molecule has 0 saturated carbocycles. The minimum Gasteiger partial charge on any atom is -0.338 e. The van der Waals surface area contributed by atoms with Gasteiger partial charge in [0.25, 0.3) is 0 Å². The molecule has 4 nitrogen and oxygen atoms in total. The highest BCUT2D eigenvalue weighted by Gasteiger charge is 2.31. The van der Waals surface area contributed by atoms with Gasteiger partial charge in [0.2, 0.25) is 0 Å². The number of likely N-dealkylation sites (tertiary alicyclic amines) is 1. The van der Waals surface area contributed by atoms with Crippen molar-refractivity contribution in [3.63, 3.8) is 0 Å². The molecule has 0 aromatic rings. The second-order valence-electron chi connectivity index (χ2n) is 3.30. The van der Waals surface area contributed by atoms with Crippen molar-refractivity contribution in [2.24, 2.45) is 0 Å². The zero-order valence-electron chi connectivity index (χ0n) is 8.17. The van der Waals surface area contributed by atoms with Crippen molar-refractivity contribution in [2.75, 3.05) is 13.1 Å². The van der Waals surface area contributed by atoms with Crippen LogP contribution < -0.4 is 5.32 Å². The quantitative estimate of drug-likeness (QED) is 0.689. The van der Waals surface area contributed by atoms with Gasteiger partial charge in [0.15, 0.2) is 5.78 Å². The molecule has 0 unspecified atom stereocenters. The van der Waals surface area contributed by atoms with Crippen LogP contribution in [0, 0.1) is 0 Å². The number of hydrogen-bond acceptors (Lipinski definition) is 2. The van der Waals surface area contributed by atoms with E-state index in [1.165, 1.54) is 0 Å². The fraction of sp³-hybridized carbons (Fsp3) is 0.778. The Morgan fingerprint density at radius 1 is 1.54 bits per heavy atom. The third-order valence-corrected chi connectivity index (χ3v) is 2.31. The van der Waals surface area contributed by atoms with Gasteiger partial charge in [0.1, 0.15) is 0 Å². The topological polar surface area (TPSA) is 49.4 Å². The summed E-state index contributed by atoms with van der Waals surface area (Å²) in [5.74, 6) is 0.0868. The van der Waals surface area contributed by atoms with E-state index in [0.717, 1.165) is 12.8 Å². The molecule has 1 heterocycles. The molecule has 0 bridgehead atoms. The second kappa shape index (κ2) is 4.25. The molecule has 0 radical (unpaired) electrons. The molecular formula is C9H16N2O2. The largest absolute Gasteiger partial charge is 0.338 e. The second-order valence-corrected chi connectivity index (χ2v) is 3.30. The lowest BCUT2D eigenvalue weighted by molar-refractivity contribution is -0.120. The first-order chi connectivity index (χ1) is 6.16. The molecule has 1 saturated heterocycles. The van der Waals surface area contributed by atoms with Gasteiger partial charge in [-0.1, -0.05) is 0 Å². The molecule has 1 aliphatic heterocycles. The van der Waals surface area contributed by atoms with E-state index in [0.29, 0.717) is 13.1 Å². The molecule has 0 aromatic heterocycles. The van der Waals surface area contributed by atoms with Crippen LogP contribution in [0.25, 0.3) is 0 Å². The maximum absolute atomic E-state index is 11.4. The maximum Gasteiger partial charge on any atom is 0.318 e. The van der Waals surface area contributed by atoms with E-state index in [1.807, 2.05) is 6.92 Å². The van der Waals surface area contributed by atoms with Gasteiger partial charge in [0.05, 0.1) is 6.04 Å². The summed E-state index contributed by atoms with van der Waals surface area (Å²) in [6.45, 7) is 4.73. The standard InChI is InChI=1S/C9H16N2O2/c1-3-10-9(13)11-6-4-5-8(11)7(2)12/h8H,3-6H2,1-2H3,(H,10,13)/t8-/m0/s1. The van der Waals surface area contributed by atoms with Crippen LogP contribution in [0.2, 0.25) is 0 Å². The van der Waals surface area contributed by atoms with Crippen LogP contribution in [0.3, 0.4) is 0 Å². The number of amides is 2. The van der Waals surface area contributed by atoms with Crippen LogP contribution in [0.4, 0.5) is 4.79 Å². The van der Waals surface area contributed by atoms with E-state index in [1.54, 1.807) is 11.8 Å². The number of nitrogens with zero attached hydrogens (tertiary/aromatic N) is 1. The first-order valence-electron chi connectivity index (χ1n) is 4.71. The van der Waals surface area contributed by atoms with Gasteiger partial charge < -0.3 is 10.2 Å². The molecule has 1 rings (SSSR count). The highest BCUT2D eigenvalue weighted by atomic mass is 16.2. The number of hydrogen-bond donors (Lipinski definition) is 1. The van der Waals surface area contributed by atoms with Gasteiger partial charge in [-0.25, -0.2) is 4.79 Å². The van der Waals surface area contributed by atoms with Crippen LogP contribution in [-0.2, 0) is 4.79 Å². The number of rotatable bonds is 2. The van der Waals surface area contributed by atoms with Gasteiger partial charge >= 0.3 is 6.03 Å². The van der Waals surface area contributed by atoms with Crippen molar-refractivity contribution in [3.05, 3.63) is 0 Å². The van der Waals surface area contributed by atoms with Crippen LogP contribution >= 0.6 is 0 Å². The van der Waals surface area contributed by atoms with Crippen molar-refractivity contribution in [2.45, 2.75) is 32.7 Å². The lowest BCUT2D eigenvalue weighted by Gasteiger charge is -2.22. The van der Waals surface area contributed by atoms with Gasteiger partial charge in [-0.05, 0) is 26.7 Å². The SMILES string of the molecule is CCNC(=O)N1CCC[C@H]1C(C)=O. The van der Waals surface area contributed by atoms with Gasteiger partial charge in [0, 0.05) is 13.1 Å². The molecule has 2 amide bonds. The summed E-state index contributed by atoms with van der Waals surface area (Å²) in [6, 6.07) is -0.299. The van der Waals surface area contributed by atoms with Crippen molar-refractivity contribution in [1.29, 1.82) is 0 Å². The van der Waals surface area contributed by atoms with Gasteiger partial charge in [-0.15, -0.1) is 0 Å². The summed E-state index contributed by atoms with van der Waals surface area (Å²) >= 11 is 0. The first kappa shape index (κ1) is 10.0. The smallest absolute Gasteiger partial charge is 0.318 e. The van der Waals surface area contributed by atoms with Crippen LogP contribution in [-0.4, -0.2) is 35.8 Å². The fourth-order valence-corrected chi connectivity index (χ4v) is 1.69. The average molecular weight is 184 g/mol. The van der Waals surface area contributed by atoms with E-state index >= 15 is 0 Å². The predicted molar refractivity (Wildman–Crippen MR) is 49.5 cm³/mol.